The van der Waals surface area contributed by atoms with Crippen molar-refractivity contribution in [1.29, 1.82) is 0 Å². The number of carbonyl (C=O) groups is 17. The van der Waals surface area contributed by atoms with Crippen LogP contribution in [-0.4, -0.2) is 220 Å². The number of aromatic nitrogens is 4. The van der Waals surface area contributed by atoms with Crippen LogP contribution in [0.3, 0.4) is 0 Å². The first-order chi connectivity index (χ1) is 53.6. The van der Waals surface area contributed by atoms with Gasteiger partial charge in [0.25, 0.3) is 0 Å². The number of phenols is 2. The first-order valence-electron chi connectivity index (χ1n) is 36.8. The largest absolute Gasteiger partial charge is 0.508 e. The molecule has 2 heterocycles. The van der Waals surface area contributed by atoms with E-state index in [0.717, 1.165) is 0 Å². The predicted molar refractivity (Wildman–Crippen MR) is 404 cm³/mol. The number of hydrogen-bond acceptors (Lipinski definition) is 22. The van der Waals surface area contributed by atoms with Crippen LogP contribution in [-0.2, 0) is 107 Å². The number of phenolic OH excluding ortho intramolecular Hbond substituents is 2. The molecule has 2 aromatic heterocycles. The van der Waals surface area contributed by atoms with Crippen LogP contribution in [0.2, 0.25) is 0 Å². The second-order valence-corrected chi connectivity index (χ2v) is 28.6. The number of aromatic hydroxyl groups is 2. The third kappa shape index (κ3) is 32.8. The minimum Gasteiger partial charge on any atom is -0.508 e. The molecule has 0 bridgehead atoms. The number of nitrogens with zero attached hydrogens (tertiary/aromatic N) is 2. The van der Waals surface area contributed by atoms with Crippen molar-refractivity contribution in [2.45, 2.75) is 211 Å². The van der Waals surface area contributed by atoms with Crippen LogP contribution in [0.15, 0.2) is 73.6 Å². The highest BCUT2D eigenvalue weighted by Crippen LogP contribution is 2.18. The zero-order valence-electron chi connectivity index (χ0n) is 64.5. The van der Waals surface area contributed by atoms with Crippen LogP contribution < -0.4 is 86.7 Å². The molecule has 13 atom stereocenters. The summed E-state index contributed by atoms with van der Waals surface area (Å²) in [6.07, 6.45) is 0.742. The van der Waals surface area contributed by atoms with E-state index in [-0.39, 0.29) is 80.2 Å². The maximum atomic E-state index is 14.7. The molecule has 41 nitrogen and oxygen atoms in total. The van der Waals surface area contributed by atoms with Gasteiger partial charge in [-0.15, -0.1) is 0 Å². The number of H-pyrrole nitrogens is 2. The van der Waals surface area contributed by atoms with Gasteiger partial charge in [0.2, 0.25) is 88.6 Å². The lowest BCUT2D eigenvalue weighted by molar-refractivity contribution is -0.143. The molecule has 15 amide bonds. The standard InChI is InChI=1S/C73H106N20O21/c1-9-38(8)61(93-71(111)60(37(6)7)92-68(108)50(26-40-12-16-44(95)17-13-40)87-67(107)52(29-56(77)98)83-57(99)32-80-63(103)49(25-39-10-14-43(94)15-11-39)86-62(102)45(74)18-21-54(75)96)72(112)85-46(19-22-55(76)97)64(104)88-51(27-41-30-78-33-81-41)69(109)91-59(36(4)5)70(110)89-48(24-35(2)3)66(106)84-47(20-23-58(100)101)65(105)90-53(73(113)114)28-42-31-79-34-82-42/h10-17,30-31,33-38,45-53,59-61,94-95H,9,18-29,32,74H2,1-8H3,(H2,75,96)(H2,76,97)(H2,77,98)(H,78,81)(H,79,82)(H,80,103)(H,83,99)(H,84,106)(H,85,112)(H,86,102)(H,87,107)(H,88,104)(H,89,110)(H,90,105)(H,91,109)(H,92,108)(H,93,111)(H,100,101)(H,113,114)/t38-,45-,46-,47-,48-,49-,50-,51-,52-,53-,59-,60-,61-/m0/s1. The molecule has 0 aliphatic rings. The van der Waals surface area contributed by atoms with Gasteiger partial charge in [-0.1, -0.05) is 86.1 Å². The average molecular weight is 1600 g/mol. The van der Waals surface area contributed by atoms with E-state index < -0.39 is 229 Å². The van der Waals surface area contributed by atoms with Crippen LogP contribution in [0.5, 0.6) is 11.5 Å². The van der Waals surface area contributed by atoms with Crippen molar-refractivity contribution in [1.82, 2.24) is 83.7 Å². The van der Waals surface area contributed by atoms with Gasteiger partial charge in [-0.05, 0) is 84.7 Å². The number of nitrogens with one attached hydrogen (secondary N) is 14. The van der Waals surface area contributed by atoms with Gasteiger partial charge in [0.05, 0.1) is 43.0 Å². The minimum absolute atomic E-state index is 0.0811. The lowest BCUT2D eigenvalue weighted by Crippen LogP contribution is -2.62. The summed E-state index contributed by atoms with van der Waals surface area (Å²) in [5.41, 5.74) is 23.4. The number of carbonyl (C=O) groups excluding carboxylic acids is 15. The maximum Gasteiger partial charge on any atom is 0.326 e. The van der Waals surface area contributed by atoms with E-state index in [4.69, 9.17) is 22.9 Å². The van der Waals surface area contributed by atoms with E-state index in [1.165, 1.54) is 87.4 Å². The zero-order chi connectivity index (χ0) is 85.2. The number of amides is 15. The number of primary amides is 3. The highest BCUT2D eigenvalue weighted by Gasteiger charge is 2.40. The summed E-state index contributed by atoms with van der Waals surface area (Å²) < 4.78 is 0. The molecule has 624 valence electrons. The normalized spacial score (nSPS) is 14.6. The molecule has 0 saturated carbocycles. The van der Waals surface area contributed by atoms with Crippen molar-refractivity contribution in [2.24, 2.45) is 46.6 Å². The Morgan fingerprint density at radius 1 is 0.412 bits per heavy atom. The van der Waals surface area contributed by atoms with E-state index in [9.17, 15) is 102 Å². The molecule has 0 aliphatic heterocycles. The molecule has 41 heteroatoms. The highest BCUT2D eigenvalue weighted by molar-refractivity contribution is 6.00. The van der Waals surface area contributed by atoms with E-state index in [1.807, 2.05) is 0 Å². The molecule has 0 saturated heterocycles. The van der Waals surface area contributed by atoms with Gasteiger partial charge in [-0.25, -0.2) is 14.8 Å². The quantitative estimate of drug-likeness (QED) is 0.0198. The molecule has 0 spiro atoms. The first-order valence-corrected chi connectivity index (χ1v) is 36.8. The van der Waals surface area contributed by atoms with Gasteiger partial charge in [0.15, 0.2) is 0 Å². The summed E-state index contributed by atoms with van der Waals surface area (Å²) in [6.45, 7) is 11.9. The molecular formula is C73H106N20O21. The monoisotopic (exact) mass is 1600 g/mol. The highest BCUT2D eigenvalue weighted by atomic mass is 16.4. The number of hydrogen-bond donors (Lipinski definition) is 22. The van der Waals surface area contributed by atoms with E-state index >= 15 is 0 Å². The van der Waals surface area contributed by atoms with Gasteiger partial charge in [0, 0.05) is 57.3 Å². The fourth-order valence-electron chi connectivity index (χ4n) is 11.4. The summed E-state index contributed by atoms with van der Waals surface area (Å²) in [6, 6.07) is -7.87. The average Bonchev–Trinajstić information content (AvgIpc) is 0.879. The number of benzene rings is 2. The topological polar surface area (TPSA) is 677 Å². The van der Waals surface area contributed by atoms with Gasteiger partial charge in [-0.3, -0.25) is 76.7 Å². The van der Waals surface area contributed by atoms with Gasteiger partial charge in [-0.2, -0.15) is 0 Å². The minimum atomic E-state index is -1.84. The number of carboxylic acids is 2. The van der Waals surface area contributed by atoms with Crippen molar-refractivity contribution >= 4 is 101 Å². The summed E-state index contributed by atoms with van der Waals surface area (Å²) in [4.78, 5) is 244. The first kappa shape index (κ1) is 93.8. The second kappa shape index (κ2) is 46.3. The van der Waals surface area contributed by atoms with Crippen molar-refractivity contribution in [2.75, 3.05) is 6.54 Å². The zero-order valence-corrected chi connectivity index (χ0v) is 64.5. The Hall–Kier alpha value is -12.6. The fraction of sp³-hybridized carbons (Fsp3) is 0.521. The smallest absolute Gasteiger partial charge is 0.326 e. The van der Waals surface area contributed by atoms with E-state index in [1.54, 1.807) is 41.5 Å². The molecule has 4 aromatic rings. The van der Waals surface area contributed by atoms with Gasteiger partial charge >= 0.3 is 11.9 Å². The van der Waals surface area contributed by atoms with Crippen LogP contribution in [0.4, 0.5) is 0 Å². The van der Waals surface area contributed by atoms with Crippen LogP contribution in [0.1, 0.15) is 136 Å². The van der Waals surface area contributed by atoms with E-state index in [2.05, 4.69) is 83.7 Å². The molecule has 26 N–H and O–H groups in total. The lowest BCUT2D eigenvalue weighted by atomic mass is 9.95. The van der Waals surface area contributed by atoms with E-state index in [0.29, 0.717) is 11.1 Å². The molecule has 0 aliphatic carbocycles. The molecule has 0 fully saturated rings. The number of aliphatic carboxylic acids is 2. The Morgan fingerprint density at radius 2 is 0.789 bits per heavy atom. The number of imidazole rings is 2. The Kier molecular flexibility index (Phi) is 38.1. The third-order valence-corrected chi connectivity index (χ3v) is 17.9. The van der Waals surface area contributed by atoms with Gasteiger partial charge < -0.3 is 117 Å². The second-order valence-electron chi connectivity index (χ2n) is 28.6. The third-order valence-electron chi connectivity index (χ3n) is 17.9. The Morgan fingerprint density at radius 3 is 1.23 bits per heavy atom. The number of carboxylic acid groups (broad SMARTS) is 2. The Balaban J connectivity index is 1.58. The molecular weight excluding hydrogens is 1490 g/mol. The fourth-order valence-corrected chi connectivity index (χ4v) is 11.4. The predicted octanol–water partition coefficient (Wildman–Crippen LogP) is -4.65. The molecule has 4 rings (SSSR count). The SMILES string of the molecule is CC[C@H](C)[C@H](NC(=O)[C@@H](NC(=O)[C@H](Cc1ccc(O)cc1)NC(=O)[C@H](CC(N)=O)NC(=O)CNC(=O)[C@H](Cc1ccc(O)cc1)NC(=O)[C@@H](N)CCC(N)=O)C(C)C)C(=O)N[C@@H](CCC(N)=O)C(=O)N[C@@H](Cc1c[nH]cn1)C(=O)N[C@H](C(=O)N[C@@H](CC(C)C)C(=O)N[C@@H](CCC(=O)O)C(=O)N[C@@H](Cc1c[nH]cn1)C(=O)O)C(C)C. The summed E-state index contributed by atoms with van der Waals surface area (Å²) in [5, 5.41) is 69.3. The summed E-state index contributed by atoms with van der Waals surface area (Å²) >= 11 is 0. The van der Waals surface area contributed by atoms with Crippen molar-refractivity contribution in [3.8, 4) is 11.5 Å². The van der Waals surface area contributed by atoms with Crippen molar-refractivity contribution in [3.05, 3.63) is 96.1 Å². The maximum absolute atomic E-state index is 14.7. The molecule has 0 radical (unpaired) electrons. The summed E-state index contributed by atoms with van der Waals surface area (Å²) in [7, 11) is 0. The van der Waals surface area contributed by atoms with Crippen molar-refractivity contribution < 1.29 is 102 Å². The lowest BCUT2D eigenvalue weighted by Gasteiger charge is -2.31. The van der Waals surface area contributed by atoms with Crippen LogP contribution >= 0.6 is 0 Å². The number of rotatable bonds is 50. The van der Waals surface area contributed by atoms with Gasteiger partial charge in [0.1, 0.15) is 78.0 Å². The molecule has 0 unspecified atom stereocenters. The number of aromatic amines is 2. The number of nitrogens with two attached hydrogens (primary N) is 4. The molecule has 2 aromatic carbocycles. The Bertz CT molecular complexity index is 3970. The summed E-state index contributed by atoms with van der Waals surface area (Å²) in [5.74, 6) is -20.7. The van der Waals surface area contributed by atoms with Crippen LogP contribution in [0, 0.1) is 23.7 Å². The Labute approximate surface area is 655 Å². The van der Waals surface area contributed by atoms with Crippen molar-refractivity contribution in [3.63, 3.8) is 0 Å². The molecule has 114 heavy (non-hydrogen) atoms. The van der Waals surface area contributed by atoms with Crippen LogP contribution in [0.25, 0.3) is 0 Å².